The molecule has 0 saturated heterocycles. The number of ether oxygens (including phenoxy) is 1. The normalized spacial score (nSPS) is 16.0. The first-order chi connectivity index (χ1) is 9.47. The highest BCUT2D eigenvalue weighted by atomic mass is 16.5. The van der Waals surface area contributed by atoms with E-state index in [9.17, 15) is 5.11 Å². The third kappa shape index (κ3) is 1.95. The van der Waals surface area contributed by atoms with E-state index < -0.39 is 5.60 Å². The Labute approximate surface area is 116 Å². The minimum atomic E-state index is -0.648. The van der Waals surface area contributed by atoms with Crippen molar-refractivity contribution in [1.82, 2.24) is 9.97 Å². The second-order valence-electron chi connectivity index (χ2n) is 5.03. The van der Waals surface area contributed by atoms with Gasteiger partial charge in [0.1, 0.15) is 17.7 Å². The van der Waals surface area contributed by atoms with Crippen molar-refractivity contribution in [2.75, 3.05) is 5.73 Å². The highest BCUT2D eigenvalue weighted by Crippen LogP contribution is 2.38. The average Bonchev–Trinajstić information content (AvgIpc) is 2.39. The Bertz CT molecular complexity index is 693. The molecule has 102 valence electrons. The predicted molar refractivity (Wildman–Crippen MR) is 75.5 cm³/mol. The van der Waals surface area contributed by atoms with Gasteiger partial charge in [-0.05, 0) is 38.1 Å². The first kappa shape index (κ1) is 12.4. The van der Waals surface area contributed by atoms with Gasteiger partial charge in [0.2, 0.25) is 5.88 Å². The average molecular weight is 270 g/mol. The van der Waals surface area contributed by atoms with Crippen molar-refractivity contribution < 1.29 is 9.84 Å². The first-order valence-corrected chi connectivity index (χ1v) is 6.15. The van der Waals surface area contributed by atoms with Gasteiger partial charge in [-0.3, -0.25) is 0 Å². The molecule has 6 heteroatoms. The van der Waals surface area contributed by atoms with Crippen LogP contribution in [0.1, 0.15) is 19.4 Å². The molecule has 0 spiro atoms. The van der Waals surface area contributed by atoms with Crippen molar-refractivity contribution in [2.45, 2.75) is 19.4 Å². The minimum Gasteiger partial charge on any atom is -0.508 e. The standard InChI is InChI=1S/C14H14N4O2/c1-14(2)11(8-3-5-9(19)6-4-8)18-10-12(15)16-7-17-13(10)20-14/h3-7,19H,1-2H3,(H2,15,16,17). The zero-order valence-corrected chi connectivity index (χ0v) is 11.2. The number of anilines is 1. The largest absolute Gasteiger partial charge is 0.508 e. The molecule has 2 heterocycles. The number of aliphatic imine (C=N–C) groups is 1. The van der Waals surface area contributed by atoms with E-state index in [1.165, 1.54) is 6.33 Å². The topological polar surface area (TPSA) is 93.6 Å². The number of rotatable bonds is 1. The molecule has 6 nitrogen and oxygen atoms in total. The van der Waals surface area contributed by atoms with Crippen molar-refractivity contribution in [1.29, 1.82) is 0 Å². The molecule has 0 saturated carbocycles. The van der Waals surface area contributed by atoms with E-state index in [0.717, 1.165) is 5.56 Å². The van der Waals surface area contributed by atoms with Crippen LogP contribution in [-0.4, -0.2) is 26.4 Å². The van der Waals surface area contributed by atoms with Crippen LogP contribution in [0.4, 0.5) is 11.5 Å². The van der Waals surface area contributed by atoms with E-state index in [1.807, 2.05) is 13.8 Å². The molecule has 0 bridgehead atoms. The zero-order chi connectivity index (χ0) is 14.3. The van der Waals surface area contributed by atoms with Crippen molar-refractivity contribution in [3.05, 3.63) is 36.2 Å². The van der Waals surface area contributed by atoms with Crippen LogP contribution < -0.4 is 10.5 Å². The first-order valence-electron chi connectivity index (χ1n) is 6.15. The minimum absolute atomic E-state index is 0.201. The van der Waals surface area contributed by atoms with E-state index in [1.54, 1.807) is 24.3 Å². The number of hydrogen-bond donors (Lipinski definition) is 2. The fraction of sp³-hybridized carbons (Fsp3) is 0.214. The summed E-state index contributed by atoms with van der Waals surface area (Å²) in [6.45, 7) is 3.81. The summed E-state index contributed by atoms with van der Waals surface area (Å²) in [6.07, 6.45) is 1.35. The van der Waals surface area contributed by atoms with Crippen LogP contribution in [-0.2, 0) is 0 Å². The van der Waals surface area contributed by atoms with Gasteiger partial charge in [0.25, 0.3) is 0 Å². The third-order valence-electron chi connectivity index (χ3n) is 3.10. The van der Waals surface area contributed by atoms with Crippen LogP contribution in [0.15, 0.2) is 35.6 Å². The van der Waals surface area contributed by atoms with E-state index in [-0.39, 0.29) is 11.6 Å². The molecule has 0 fully saturated rings. The summed E-state index contributed by atoms with van der Waals surface area (Å²) in [7, 11) is 0. The van der Waals surface area contributed by atoms with E-state index in [4.69, 9.17) is 10.5 Å². The molecular formula is C14H14N4O2. The lowest BCUT2D eigenvalue weighted by molar-refractivity contribution is 0.171. The van der Waals surface area contributed by atoms with Crippen molar-refractivity contribution in [2.24, 2.45) is 4.99 Å². The Kier molecular flexibility index (Phi) is 2.60. The third-order valence-corrected chi connectivity index (χ3v) is 3.10. The number of phenols is 1. The van der Waals surface area contributed by atoms with Gasteiger partial charge in [0.05, 0.1) is 5.71 Å². The van der Waals surface area contributed by atoms with Crippen LogP contribution in [0.3, 0.4) is 0 Å². The number of phenolic OH excluding ortho intramolecular Hbond substituents is 1. The molecule has 0 atom stereocenters. The molecule has 20 heavy (non-hydrogen) atoms. The second kappa shape index (κ2) is 4.19. The molecule has 1 aromatic carbocycles. The zero-order valence-electron chi connectivity index (χ0n) is 11.2. The molecule has 1 aromatic heterocycles. The summed E-state index contributed by atoms with van der Waals surface area (Å²) in [5, 5.41) is 9.38. The molecular weight excluding hydrogens is 256 g/mol. The summed E-state index contributed by atoms with van der Waals surface area (Å²) < 4.78 is 5.87. The summed E-state index contributed by atoms with van der Waals surface area (Å²) >= 11 is 0. The summed E-state index contributed by atoms with van der Waals surface area (Å²) in [5.41, 5.74) is 7.17. The fourth-order valence-electron chi connectivity index (χ4n) is 2.12. The van der Waals surface area contributed by atoms with Gasteiger partial charge in [-0.2, -0.15) is 4.98 Å². The highest BCUT2D eigenvalue weighted by Gasteiger charge is 2.35. The van der Waals surface area contributed by atoms with Crippen molar-refractivity contribution >= 4 is 17.2 Å². The van der Waals surface area contributed by atoms with E-state index in [2.05, 4.69) is 15.0 Å². The molecule has 3 rings (SSSR count). The van der Waals surface area contributed by atoms with Crippen LogP contribution in [0, 0.1) is 0 Å². The lowest BCUT2D eigenvalue weighted by atomic mass is 9.94. The Hall–Kier alpha value is -2.63. The maximum atomic E-state index is 9.38. The molecule has 1 aliphatic rings. The summed E-state index contributed by atoms with van der Waals surface area (Å²) in [4.78, 5) is 12.5. The maximum Gasteiger partial charge on any atom is 0.246 e. The molecule has 0 amide bonds. The van der Waals surface area contributed by atoms with Crippen molar-refractivity contribution in [3.8, 4) is 11.6 Å². The molecule has 0 aliphatic carbocycles. The summed E-state index contributed by atoms with van der Waals surface area (Å²) in [5.74, 6) is 0.860. The fourth-order valence-corrected chi connectivity index (χ4v) is 2.12. The number of hydrogen-bond acceptors (Lipinski definition) is 6. The van der Waals surface area contributed by atoms with Gasteiger partial charge in [0, 0.05) is 5.56 Å². The number of nitrogen functional groups attached to an aromatic ring is 1. The van der Waals surface area contributed by atoms with Gasteiger partial charge in [-0.15, -0.1) is 0 Å². The Morgan fingerprint density at radius 3 is 2.55 bits per heavy atom. The SMILES string of the molecule is CC1(C)Oc2ncnc(N)c2N=C1c1ccc(O)cc1. The van der Waals surface area contributed by atoms with E-state index in [0.29, 0.717) is 17.3 Å². The van der Waals surface area contributed by atoms with Gasteiger partial charge >= 0.3 is 0 Å². The number of nitrogens with two attached hydrogens (primary N) is 1. The molecule has 1 aliphatic heterocycles. The van der Waals surface area contributed by atoms with Gasteiger partial charge in [0.15, 0.2) is 11.5 Å². The lowest BCUT2D eigenvalue weighted by Crippen LogP contribution is -2.41. The van der Waals surface area contributed by atoms with Gasteiger partial charge < -0.3 is 15.6 Å². The van der Waals surface area contributed by atoms with Gasteiger partial charge in [-0.25, -0.2) is 9.98 Å². The molecule has 3 N–H and O–H groups in total. The summed E-state index contributed by atoms with van der Waals surface area (Å²) in [6, 6.07) is 6.77. The molecule has 0 radical (unpaired) electrons. The van der Waals surface area contributed by atoms with Crippen molar-refractivity contribution in [3.63, 3.8) is 0 Å². The highest BCUT2D eigenvalue weighted by molar-refractivity contribution is 6.09. The van der Waals surface area contributed by atoms with Gasteiger partial charge in [-0.1, -0.05) is 0 Å². The number of aromatic hydroxyl groups is 1. The Morgan fingerprint density at radius 2 is 1.85 bits per heavy atom. The Balaban J connectivity index is 2.17. The van der Waals surface area contributed by atoms with Crippen LogP contribution in [0.2, 0.25) is 0 Å². The predicted octanol–water partition coefficient (Wildman–Crippen LogP) is 2.06. The molecule has 0 unspecified atom stereocenters. The number of benzene rings is 1. The van der Waals surface area contributed by atoms with Crippen LogP contribution in [0.25, 0.3) is 0 Å². The Morgan fingerprint density at radius 1 is 1.15 bits per heavy atom. The lowest BCUT2D eigenvalue weighted by Gasteiger charge is -2.32. The smallest absolute Gasteiger partial charge is 0.246 e. The van der Waals surface area contributed by atoms with E-state index >= 15 is 0 Å². The van der Waals surface area contributed by atoms with Crippen LogP contribution >= 0.6 is 0 Å². The molecule has 2 aromatic rings. The van der Waals surface area contributed by atoms with Crippen LogP contribution in [0.5, 0.6) is 11.6 Å². The second-order valence-corrected chi connectivity index (χ2v) is 5.03. The quantitative estimate of drug-likeness (QED) is 0.827. The number of nitrogens with zero attached hydrogens (tertiary/aromatic N) is 3. The number of aromatic nitrogens is 2. The monoisotopic (exact) mass is 270 g/mol. The maximum absolute atomic E-state index is 9.38. The number of fused-ring (bicyclic) bond motifs is 1.